The van der Waals surface area contributed by atoms with E-state index >= 15 is 0 Å². The zero-order valence-electron chi connectivity index (χ0n) is 15.8. The molecule has 0 bridgehead atoms. The summed E-state index contributed by atoms with van der Waals surface area (Å²) in [5.74, 6) is 0. The molecule has 0 aliphatic heterocycles. The second-order valence-electron chi connectivity index (χ2n) is 7.66. The molecule has 4 aromatic carbocycles. The maximum atomic E-state index is 2.47. The van der Waals surface area contributed by atoms with E-state index in [0.717, 1.165) is 6.42 Å². The Morgan fingerprint density at radius 3 is 2.19 bits per heavy atom. The quantitative estimate of drug-likeness (QED) is 0.330. The predicted molar refractivity (Wildman–Crippen MR) is 118 cm³/mol. The van der Waals surface area contributed by atoms with E-state index in [0.29, 0.717) is 0 Å². The maximum absolute atomic E-state index is 2.47. The van der Waals surface area contributed by atoms with Crippen molar-refractivity contribution < 1.29 is 0 Å². The van der Waals surface area contributed by atoms with E-state index in [1.165, 1.54) is 63.1 Å². The fraction of sp³-hybridized carbons (Fsp3) is 0.185. The first-order valence-electron chi connectivity index (χ1n) is 10.1. The highest BCUT2D eigenvalue weighted by Crippen LogP contribution is 2.41. The molecule has 0 atom stereocenters. The molecule has 0 N–H and O–H groups in total. The lowest BCUT2D eigenvalue weighted by Gasteiger charge is -2.15. The minimum atomic E-state index is 1.12. The normalized spacial score (nSPS) is 13.1. The molecule has 0 spiro atoms. The summed E-state index contributed by atoms with van der Waals surface area (Å²) < 4.78 is 0. The van der Waals surface area contributed by atoms with Gasteiger partial charge in [0.2, 0.25) is 0 Å². The Labute approximate surface area is 161 Å². The Morgan fingerprint density at radius 1 is 0.778 bits per heavy atom. The molecule has 0 radical (unpaired) electrons. The average Bonchev–Trinajstić information content (AvgIpc) is 3.13. The number of fused-ring (bicyclic) bond motifs is 3. The van der Waals surface area contributed by atoms with Crippen LogP contribution in [0.4, 0.5) is 0 Å². The number of hydrogen-bond donors (Lipinski definition) is 0. The van der Waals surface area contributed by atoms with E-state index < -0.39 is 0 Å². The van der Waals surface area contributed by atoms with Crippen molar-refractivity contribution in [3.63, 3.8) is 0 Å². The van der Waals surface area contributed by atoms with Crippen LogP contribution in [0.15, 0.2) is 78.4 Å². The molecule has 27 heavy (non-hydrogen) atoms. The molecule has 0 unspecified atom stereocenters. The first-order chi connectivity index (χ1) is 13.3. The summed E-state index contributed by atoms with van der Waals surface area (Å²) in [6, 6.07) is 26.8. The molecule has 0 heteroatoms. The zero-order chi connectivity index (χ0) is 18.2. The molecule has 1 aliphatic rings. The van der Waals surface area contributed by atoms with Crippen molar-refractivity contribution in [2.45, 2.75) is 32.6 Å². The SMILES string of the molecule is CCCCC1=Cc2c(cccc2-c2c3ccccc3cc3ccccc23)C1. The van der Waals surface area contributed by atoms with E-state index in [1.807, 2.05) is 0 Å². The van der Waals surface area contributed by atoms with Gasteiger partial charge in [-0.1, -0.05) is 91.7 Å². The molecule has 0 fully saturated rings. The average molecular weight is 348 g/mol. The molecule has 0 aromatic heterocycles. The van der Waals surface area contributed by atoms with Gasteiger partial charge in [0.1, 0.15) is 0 Å². The molecule has 4 aromatic rings. The van der Waals surface area contributed by atoms with Crippen LogP contribution in [0.2, 0.25) is 0 Å². The van der Waals surface area contributed by atoms with E-state index in [4.69, 9.17) is 0 Å². The van der Waals surface area contributed by atoms with Gasteiger partial charge in [-0.15, -0.1) is 0 Å². The Hall–Kier alpha value is -2.86. The van der Waals surface area contributed by atoms with Crippen LogP contribution in [0.1, 0.15) is 37.3 Å². The molecule has 0 saturated heterocycles. The third kappa shape index (κ3) is 2.77. The van der Waals surface area contributed by atoms with Crippen molar-refractivity contribution >= 4 is 27.6 Å². The topological polar surface area (TPSA) is 0 Å². The first kappa shape index (κ1) is 16.3. The summed E-state index contributed by atoms with van der Waals surface area (Å²) in [6.45, 7) is 2.27. The van der Waals surface area contributed by atoms with Gasteiger partial charge in [0, 0.05) is 0 Å². The lowest BCUT2D eigenvalue weighted by atomic mass is 9.89. The third-order valence-electron chi connectivity index (χ3n) is 5.85. The molecule has 1 aliphatic carbocycles. The number of hydrogen-bond acceptors (Lipinski definition) is 0. The monoisotopic (exact) mass is 348 g/mol. The van der Waals surface area contributed by atoms with Crippen LogP contribution in [-0.2, 0) is 6.42 Å². The van der Waals surface area contributed by atoms with Crippen LogP contribution in [-0.4, -0.2) is 0 Å². The van der Waals surface area contributed by atoms with Gasteiger partial charge in [-0.2, -0.15) is 0 Å². The molecular formula is C27H24. The summed E-state index contributed by atoms with van der Waals surface area (Å²) in [6.07, 6.45) is 7.35. The van der Waals surface area contributed by atoms with Crippen LogP contribution < -0.4 is 0 Å². The zero-order valence-corrected chi connectivity index (χ0v) is 15.8. The van der Waals surface area contributed by atoms with Gasteiger partial charge in [0.25, 0.3) is 0 Å². The fourth-order valence-electron chi connectivity index (χ4n) is 4.52. The van der Waals surface area contributed by atoms with Gasteiger partial charge in [0.15, 0.2) is 0 Å². The smallest absolute Gasteiger partial charge is 0.00207 e. The lowest BCUT2D eigenvalue weighted by molar-refractivity contribution is 0.779. The van der Waals surface area contributed by atoms with Crippen molar-refractivity contribution in [2.24, 2.45) is 0 Å². The molecule has 132 valence electrons. The van der Waals surface area contributed by atoms with Crippen molar-refractivity contribution in [3.05, 3.63) is 89.5 Å². The number of allylic oxidation sites excluding steroid dienone is 1. The number of rotatable bonds is 4. The van der Waals surface area contributed by atoms with E-state index in [2.05, 4.69) is 85.8 Å². The van der Waals surface area contributed by atoms with Crippen LogP contribution in [0, 0.1) is 0 Å². The van der Waals surface area contributed by atoms with Gasteiger partial charge in [-0.05, 0) is 69.1 Å². The Balaban J connectivity index is 1.80. The van der Waals surface area contributed by atoms with Crippen molar-refractivity contribution in [1.29, 1.82) is 0 Å². The Bertz CT molecular complexity index is 1120. The summed E-state index contributed by atoms with van der Waals surface area (Å²) in [7, 11) is 0. The van der Waals surface area contributed by atoms with Crippen molar-refractivity contribution in [1.82, 2.24) is 0 Å². The van der Waals surface area contributed by atoms with Gasteiger partial charge >= 0.3 is 0 Å². The standard InChI is InChI=1S/C27H24/c1-2-3-9-19-16-20-12-8-15-25(26(20)17-19)27-23-13-6-4-10-21(23)18-22-11-5-7-14-24(22)27/h4-8,10-15,17-18H,2-3,9,16H2,1H3. The van der Waals surface area contributed by atoms with E-state index in [9.17, 15) is 0 Å². The lowest BCUT2D eigenvalue weighted by Crippen LogP contribution is -1.90. The largest absolute Gasteiger partial charge is 0.0654 e. The molecule has 0 amide bonds. The molecule has 0 nitrogen and oxygen atoms in total. The van der Waals surface area contributed by atoms with E-state index in [-0.39, 0.29) is 0 Å². The van der Waals surface area contributed by atoms with Crippen LogP contribution in [0.3, 0.4) is 0 Å². The van der Waals surface area contributed by atoms with Crippen LogP contribution >= 0.6 is 0 Å². The molecule has 0 saturated carbocycles. The minimum Gasteiger partial charge on any atom is -0.0654 e. The van der Waals surface area contributed by atoms with E-state index in [1.54, 1.807) is 5.57 Å². The highest BCUT2D eigenvalue weighted by Gasteiger charge is 2.19. The second-order valence-corrected chi connectivity index (χ2v) is 7.66. The molecule has 0 heterocycles. The van der Waals surface area contributed by atoms with Gasteiger partial charge in [-0.3, -0.25) is 0 Å². The Morgan fingerprint density at radius 2 is 1.48 bits per heavy atom. The highest BCUT2D eigenvalue weighted by molar-refractivity contribution is 6.13. The van der Waals surface area contributed by atoms with Crippen LogP contribution in [0.25, 0.3) is 38.7 Å². The maximum Gasteiger partial charge on any atom is -0.00207 e. The number of unbranched alkanes of at least 4 members (excludes halogenated alkanes) is 1. The number of benzene rings is 4. The summed E-state index contributed by atoms with van der Waals surface area (Å²) >= 11 is 0. The second kappa shape index (κ2) is 6.70. The van der Waals surface area contributed by atoms with Crippen molar-refractivity contribution in [3.8, 4) is 11.1 Å². The third-order valence-corrected chi connectivity index (χ3v) is 5.85. The fourth-order valence-corrected chi connectivity index (χ4v) is 4.52. The Kier molecular flexibility index (Phi) is 4.05. The minimum absolute atomic E-state index is 1.12. The predicted octanol–water partition coefficient (Wildman–Crippen LogP) is 7.79. The highest BCUT2D eigenvalue weighted by atomic mass is 14.2. The first-order valence-corrected chi connectivity index (χ1v) is 10.1. The molecular weight excluding hydrogens is 324 g/mol. The summed E-state index contributed by atoms with van der Waals surface area (Å²) in [5, 5.41) is 5.33. The molecule has 5 rings (SSSR count). The van der Waals surface area contributed by atoms with Gasteiger partial charge < -0.3 is 0 Å². The van der Waals surface area contributed by atoms with Crippen molar-refractivity contribution in [2.75, 3.05) is 0 Å². The summed E-state index contributed by atoms with van der Waals surface area (Å²) in [4.78, 5) is 0. The van der Waals surface area contributed by atoms with Gasteiger partial charge in [0.05, 0.1) is 0 Å². The summed E-state index contributed by atoms with van der Waals surface area (Å²) in [5.41, 5.74) is 7.27. The van der Waals surface area contributed by atoms with Crippen LogP contribution in [0.5, 0.6) is 0 Å². The van der Waals surface area contributed by atoms with Gasteiger partial charge in [-0.25, -0.2) is 0 Å².